The highest BCUT2D eigenvalue weighted by atomic mass is 16.5. The number of aromatic nitrogens is 2. The Morgan fingerprint density at radius 3 is 3.00 bits per heavy atom. The second-order valence-electron chi connectivity index (χ2n) is 3.46. The highest BCUT2D eigenvalue weighted by molar-refractivity contribution is 5.30. The van der Waals surface area contributed by atoms with Crippen LogP contribution in [0.25, 0.3) is 0 Å². The first-order chi connectivity index (χ1) is 6.34. The Balaban J connectivity index is 1.67. The standard InChI is InChI=1S/C9H15N3O/c10-8-6-11-12(7-8)4-5-13-9-2-1-3-9/h6-7,9H,1-5,10H2. The number of nitrogen functional groups attached to an aromatic ring is 1. The molecule has 0 aliphatic heterocycles. The lowest BCUT2D eigenvalue weighted by Gasteiger charge is -2.25. The largest absolute Gasteiger partial charge is 0.396 e. The van der Waals surface area contributed by atoms with E-state index in [2.05, 4.69) is 5.10 Å². The highest BCUT2D eigenvalue weighted by Gasteiger charge is 2.17. The van der Waals surface area contributed by atoms with Crippen molar-refractivity contribution in [3.05, 3.63) is 12.4 Å². The molecule has 4 nitrogen and oxygen atoms in total. The number of nitrogens with two attached hydrogens (primary N) is 1. The van der Waals surface area contributed by atoms with Crippen LogP contribution in [-0.2, 0) is 11.3 Å². The fourth-order valence-corrected chi connectivity index (χ4v) is 1.35. The third-order valence-corrected chi connectivity index (χ3v) is 2.38. The van der Waals surface area contributed by atoms with Crippen molar-refractivity contribution < 1.29 is 4.74 Å². The van der Waals surface area contributed by atoms with Crippen LogP contribution in [0.5, 0.6) is 0 Å². The lowest BCUT2D eigenvalue weighted by atomic mass is 9.96. The smallest absolute Gasteiger partial charge is 0.0719 e. The van der Waals surface area contributed by atoms with E-state index in [1.165, 1.54) is 19.3 Å². The van der Waals surface area contributed by atoms with Gasteiger partial charge in [0.1, 0.15) is 0 Å². The third kappa shape index (κ3) is 2.21. The van der Waals surface area contributed by atoms with Crippen molar-refractivity contribution in [2.24, 2.45) is 0 Å². The van der Waals surface area contributed by atoms with Gasteiger partial charge in [0, 0.05) is 6.20 Å². The Bertz CT molecular complexity index is 268. The number of rotatable bonds is 4. The monoisotopic (exact) mass is 181 g/mol. The topological polar surface area (TPSA) is 53.1 Å². The van der Waals surface area contributed by atoms with Crippen LogP contribution >= 0.6 is 0 Å². The van der Waals surface area contributed by atoms with Gasteiger partial charge in [-0.15, -0.1) is 0 Å². The number of nitrogens with zero attached hydrogens (tertiary/aromatic N) is 2. The lowest BCUT2D eigenvalue weighted by molar-refractivity contribution is -0.00233. The summed E-state index contributed by atoms with van der Waals surface area (Å²) in [4.78, 5) is 0. The maximum absolute atomic E-state index is 5.59. The van der Waals surface area contributed by atoms with Gasteiger partial charge in [-0.1, -0.05) is 0 Å². The van der Waals surface area contributed by atoms with Crippen LogP contribution in [0.15, 0.2) is 12.4 Å². The molecule has 72 valence electrons. The van der Waals surface area contributed by atoms with Gasteiger partial charge < -0.3 is 10.5 Å². The zero-order chi connectivity index (χ0) is 9.10. The summed E-state index contributed by atoms with van der Waals surface area (Å²) < 4.78 is 7.40. The SMILES string of the molecule is Nc1cnn(CCOC2CCC2)c1. The maximum Gasteiger partial charge on any atom is 0.0719 e. The van der Waals surface area contributed by atoms with Gasteiger partial charge in [0.05, 0.1) is 31.1 Å². The van der Waals surface area contributed by atoms with Crippen molar-refractivity contribution >= 4 is 5.69 Å². The van der Waals surface area contributed by atoms with E-state index in [-0.39, 0.29) is 0 Å². The van der Waals surface area contributed by atoms with Crippen molar-refractivity contribution in [1.82, 2.24) is 9.78 Å². The summed E-state index contributed by atoms with van der Waals surface area (Å²) in [5, 5.41) is 4.07. The molecule has 0 spiro atoms. The third-order valence-electron chi connectivity index (χ3n) is 2.38. The zero-order valence-electron chi connectivity index (χ0n) is 7.65. The predicted molar refractivity (Wildman–Crippen MR) is 50.2 cm³/mol. The molecule has 1 aromatic heterocycles. The van der Waals surface area contributed by atoms with Gasteiger partial charge in [0.15, 0.2) is 0 Å². The van der Waals surface area contributed by atoms with Crippen LogP contribution in [0.2, 0.25) is 0 Å². The van der Waals surface area contributed by atoms with Crippen LogP contribution < -0.4 is 5.73 Å². The van der Waals surface area contributed by atoms with Gasteiger partial charge in [-0.2, -0.15) is 5.10 Å². The van der Waals surface area contributed by atoms with Gasteiger partial charge in [-0.05, 0) is 19.3 Å². The first kappa shape index (κ1) is 8.56. The van der Waals surface area contributed by atoms with Crippen LogP contribution in [0.4, 0.5) is 5.69 Å². The molecule has 0 amide bonds. The molecule has 1 fully saturated rings. The van der Waals surface area contributed by atoms with Crippen molar-refractivity contribution in [2.45, 2.75) is 31.9 Å². The van der Waals surface area contributed by atoms with E-state index in [1.807, 2.05) is 10.9 Å². The predicted octanol–water partition coefficient (Wildman–Crippen LogP) is 1.03. The molecule has 1 heterocycles. The Hall–Kier alpha value is -1.03. The van der Waals surface area contributed by atoms with Crippen molar-refractivity contribution in [2.75, 3.05) is 12.3 Å². The summed E-state index contributed by atoms with van der Waals surface area (Å²) in [6, 6.07) is 0. The minimum Gasteiger partial charge on any atom is -0.396 e. The summed E-state index contributed by atoms with van der Waals surface area (Å²) in [5.74, 6) is 0. The van der Waals surface area contributed by atoms with Crippen LogP contribution in [0, 0.1) is 0 Å². The van der Waals surface area contributed by atoms with E-state index >= 15 is 0 Å². The molecule has 0 unspecified atom stereocenters. The Morgan fingerprint density at radius 2 is 2.46 bits per heavy atom. The van der Waals surface area contributed by atoms with Crippen molar-refractivity contribution in [3.8, 4) is 0 Å². The maximum atomic E-state index is 5.59. The van der Waals surface area contributed by atoms with Crippen LogP contribution in [-0.4, -0.2) is 22.5 Å². The summed E-state index contributed by atoms with van der Waals surface area (Å²) >= 11 is 0. The summed E-state index contributed by atoms with van der Waals surface area (Å²) in [7, 11) is 0. The molecule has 13 heavy (non-hydrogen) atoms. The average molecular weight is 181 g/mol. The molecule has 1 aromatic rings. The molecular weight excluding hydrogens is 166 g/mol. The van der Waals surface area contributed by atoms with E-state index in [0.29, 0.717) is 11.8 Å². The number of ether oxygens (including phenoxy) is 1. The van der Waals surface area contributed by atoms with Crippen LogP contribution in [0.3, 0.4) is 0 Å². The van der Waals surface area contributed by atoms with Gasteiger partial charge in [-0.25, -0.2) is 0 Å². The zero-order valence-corrected chi connectivity index (χ0v) is 7.65. The normalized spacial score (nSPS) is 17.2. The molecule has 4 heteroatoms. The Morgan fingerprint density at radius 1 is 1.62 bits per heavy atom. The average Bonchev–Trinajstić information content (AvgIpc) is 2.42. The van der Waals surface area contributed by atoms with Gasteiger partial charge in [0.2, 0.25) is 0 Å². The second-order valence-corrected chi connectivity index (χ2v) is 3.46. The first-order valence-corrected chi connectivity index (χ1v) is 4.74. The second kappa shape index (κ2) is 3.79. The Kier molecular flexibility index (Phi) is 2.49. The number of hydrogen-bond acceptors (Lipinski definition) is 3. The first-order valence-electron chi connectivity index (χ1n) is 4.74. The molecule has 0 saturated heterocycles. The number of anilines is 1. The van der Waals surface area contributed by atoms with Crippen molar-refractivity contribution in [3.63, 3.8) is 0 Å². The minimum absolute atomic E-state index is 0.507. The molecule has 2 rings (SSSR count). The summed E-state index contributed by atoms with van der Waals surface area (Å²) in [6.07, 6.45) is 7.75. The Labute approximate surface area is 77.7 Å². The highest BCUT2D eigenvalue weighted by Crippen LogP contribution is 2.21. The van der Waals surface area contributed by atoms with Gasteiger partial charge >= 0.3 is 0 Å². The lowest BCUT2D eigenvalue weighted by Crippen LogP contribution is -2.23. The minimum atomic E-state index is 0.507. The fourth-order valence-electron chi connectivity index (χ4n) is 1.35. The number of hydrogen-bond donors (Lipinski definition) is 1. The quantitative estimate of drug-likeness (QED) is 0.755. The molecule has 1 aliphatic carbocycles. The van der Waals surface area contributed by atoms with E-state index < -0.39 is 0 Å². The van der Waals surface area contributed by atoms with E-state index in [9.17, 15) is 0 Å². The van der Waals surface area contributed by atoms with Gasteiger partial charge in [0.25, 0.3) is 0 Å². The van der Waals surface area contributed by atoms with E-state index in [0.717, 1.165) is 13.2 Å². The molecule has 0 bridgehead atoms. The molecular formula is C9H15N3O. The summed E-state index contributed by atoms with van der Waals surface area (Å²) in [6.45, 7) is 1.54. The van der Waals surface area contributed by atoms with E-state index in [1.54, 1.807) is 6.20 Å². The molecule has 0 radical (unpaired) electrons. The molecule has 0 atom stereocenters. The summed E-state index contributed by atoms with van der Waals surface area (Å²) in [5.41, 5.74) is 6.24. The fraction of sp³-hybridized carbons (Fsp3) is 0.667. The van der Waals surface area contributed by atoms with Crippen molar-refractivity contribution in [1.29, 1.82) is 0 Å². The van der Waals surface area contributed by atoms with E-state index in [4.69, 9.17) is 10.5 Å². The molecule has 0 aromatic carbocycles. The molecule has 2 N–H and O–H groups in total. The van der Waals surface area contributed by atoms with Crippen LogP contribution in [0.1, 0.15) is 19.3 Å². The molecule has 1 aliphatic rings. The molecule has 1 saturated carbocycles. The van der Waals surface area contributed by atoms with Gasteiger partial charge in [-0.3, -0.25) is 4.68 Å².